The zero-order chi connectivity index (χ0) is 22.6. The fraction of sp³-hybridized carbons (Fsp3) is 0.316. The van der Waals surface area contributed by atoms with Gasteiger partial charge in [-0.25, -0.2) is 18.1 Å². The van der Waals surface area contributed by atoms with E-state index in [1.165, 1.54) is 19.2 Å². The lowest BCUT2D eigenvalue weighted by molar-refractivity contribution is 0.101. The first-order valence-electron chi connectivity index (χ1n) is 9.36. The molecule has 1 saturated heterocycles. The Labute approximate surface area is 183 Å². The summed E-state index contributed by atoms with van der Waals surface area (Å²) < 4.78 is 51.5. The van der Waals surface area contributed by atoms with Gasteiger partial charge >= 0.3 is 0 Å². The van der Waals surface area contributed by atoms with Gasteiger partial charge in [0.15, 0.2) is 11.5 Å². The number of aromatic nitrogens is 1. The van der Waals surface area contributed by atoms with Gasteiger partial charge in [-0.05, 0) is 43.5 Å². The molecular formula is C19H20ClF2N5O3S. The van der Waals surface area contributed by atoms with E-state index in [0.717, 1.165) is 22.6 Å². The summed E-state index contributed by atoms with van der Waals surface area (Å²) in [6.07, 6.45) is 2.51. The number of guanidine groups is 1. The predicted octanol–water partition coefficient (Wildman–Crippen LogP) is 4.15. The van der Waals surface area contributed by atoms with Gasteiger partial charge in [0.1, 0.15) is 5.82 Å². The number of amides is 1. The van der Waals surface area contributed by atoms with Crippen molar-refractivity contribution < 1.29 is 22.7 Å². The molecule has 0 spiro atoms. The highest BCUT2D eigenvalue weighted by molar-refractivity contribution is 8.23. The van der Waals surface area contributed by atoms with Crippen molar-refractivity contribution in [1.29, 1.82) is 5.41 Å². The molecule has 2 fully saturated rings. The molecule has 12 heteroatoms. The molecule has 1 amide bonds. The van der Waals surface area contributed by atoms with Gasteiger partial charge in [-0.1, -0.05) is 11.6 Å². The summed E-state index contributed by atoms with van der Waals surface area (Å²) in [7, 11) is -1.98. The van der Waals surface area contributed by atoms with Crippen LogP contribution in [0.2, 0.25) is 5.02 Å². The maximum absolute atomic E-state index is 15.0. The van der Waals surface area contributed by atoms with Crippen LogP contribution < -0.4 is 10.6 Å². The molecule has 5 N–H and O–H groups in total. The van der Waals surface area contributed by atoms with Gasteiger partial charge in [0, 0.05) is 24.5 Å². The summed E-state index contributed by atoms with van der Waals surface area (Å²) in [6, 6.07) is 4.76. The van der Waals surface area contributed by atoms with Gasteiger partial charge in [-0.2, -0.15) is 0 Å². The van der Waals surface area contributed by atoms with E-state index in [4.69, 9.17) is 17.0 Å². The zero-order valence-corrected chi connectivity index (χ0v) is 17.9. The fourth-order valence-electron chi connectivity index (χ4n) is 4.25. The summed E-state index contributed by atoms with van der Waals surface area (Å²) in [4.78, 5) is 16.2. The second kappa shape index (κ2) is 7.59. The van der Waals surface area contributed by atoms with E-state index in [-0.39, 0.29) is 22.2 Å². The number of hydrogen-bond acceptors (Lipinski definition) is 5. The van der Waals surface area contributed by atoms with Crippen LogP contribution in [-0.2, 0) is 5.54 Å². The van der Waals surface area contributed by atoms with Gasteiger partial charge in [-0.15, -0.1) is 10.8 Å². The second-order valence-electron chi connectivity index (χ2n) is 7.52. The Morgan fingerprint density at radius 2 is 2.13 bits per heavy atom. The summed E-state index contributed by atoms with van der Waals surface area (Å²) >= 11 is 5.66. The Kier molecular flexibility index (Phi) is 5.32. The van der Waals surface area contributed by atoms with E-state index in [1.54, 1.807) is 0 Å². The van der Waals surface area contributed by atoms with Crippen molar-refractivity contribution in [2.75, 3.05) is 12.4 Å². The standard InChI is InChI=1S/C19H20ClF2N5O3S/c1-27-18(23)26-19(6-2-3-15(19)31(27,29)30)12-8-11(4-5-13(12)21)25-17(28)16-14(22)7-10(20)9-24-16/h4-5,7-9,15,29-30H,2-3,6H2,1H3,(H2,23,26)(H,25,28)/t15-,19-/m1/s1. The van der Waals surface area contributed by atoms with Gasteiger partial charge in [0.2, 0.25) is 5.96 Å². The maximum Gasteiger partial charge on any atom is 0.277 e. The first-order valence-corrected chi connectivity index (χ1v) is 11.3. The first kappa shape index (κ1) is 21.8. The molecule has 1 aromatic carbocycles. The molecule has 1 aliphatic heterocycles. The molecule has 2 aliphatic rings. The lowest BCUT2D eigenvalue weighted by Crippen LogP contribution is -2.63. The normalized spacial score (nSPS) is 25.5. The first-order chi connectivity index (χ1) is 14.6. The number of fused-ring (bicyclic) bond motifs is 1. The predicted molar refractivity (Wildman–Crippen MR) is 114 cm³/mol. The van der Waals surface area contributed by atoms with Crippen molar-refractivity contribution >= 4 is 39.9 Å². The minimum atomic E-state index is -3.38. The highest BCUT2D eigenvalue weighted by Gasteiger charge is 2.57. The summed E-state index contributed by atoms with van der Waals surface area (Å²) in [5.74, 6) is -2.61. The highest BCUT2D eigenvalue weighted by atomic mass is 35.5. The summed E-state index contributed by atoms with van der Waals surface area (Å²) in [6.45, 7) is 0. The molecule has 2 atom stereocenters. The third kappa shape index (κ3) is 3.51. The molecular weight excluding hydrogens is 452 g/mol. The Balaban J connectivity index is 1.71. The number of anilines is 1. The van der Waals surface area contributed by atoms with Crippen LogP contribution in [0.1, 0.15) is 35.3 Å². The Morgan fingerprint density at radius 1 is 1.39 bits per heavy atom. The van der Waals surface area contributed by atoms with Gasteiger partial charge in [-0.3, -0.25) is 19.3 Å². The zero-order valence-electron chi connectivity index (χ0n) is 16.3. The molecule has 0 bridgehead atoms. The van der Waals surface area contributed by atoms with Crippen molar-refractivity contribution in [3.8, 4) is 0 Å². The highest BCUT2D eigenvalue weighted by Crippen LogP contribution is 2.62. The third-order valence-corrected chi connectivity index (χ3v) is 8.35. The van der Waals surface area contributed by atoms with E-state index in [9.17, 15) is 22.7 Å². The monoisotopic (exact) mass is 471 g/mol. The molecule has 8 nitrogen and oxygen atoms in total. The lowest BCUT2D eigenvalue weighted by atomic mass is 9.86. The quantitative estimate of drug-likeness (QED) is 0.458. The SMILES string of the molecule is CN1C(=N)N[C@@]2(c3cc(NC(=O)c4ncc(Cl)cc4F)ccc3F)CCC[C@H]2S1(O)O. The smallest absolute Gasteiger partial charge is 0.277 e. The molecule has 1 aromatic heterocycles. The minimum absolute atomic E-state index is 0.0410. The van der Waals surface area contributed by atoms with Crippen LogP contribution >= 0.6 is 22.4 Å². The number of rotatable bonds is 3. The van der Waals surface area contributed by atoms with Gasteiger partial charge in [0.25, 0.3) is 5.91 Å². The van der Waals surface area contributed by atoms with E-state index in [2.05, 4.69) is 15.6 Å². The molecule has 0 unspecified atom stereocenters. The van der Waals surface area contributed by atoms with Crippen molar-refractivity contribution in [3.05, 3.63) is 58.4 Å². The van der Waals surface area contributed by atoms with Crippen LogP contribution in [0, 0.1) is 17.0 Å². The second-order valence-corrected chi connectivity index (χ2v) is 10.2. The Bertz CT molecular complexity index is 1090. The van der Waals surface area contributed by atoms with E-state index >= 15 is 0 Å². The number of carbonyl (C=O) groups excluding carboxylic acids is 1. The molecule has 0 radical (unpaired) electrons. The number of nitrogens with zero attached hydrogens (tertiary/aromatic N) is 2. The lowest BCUT2D eigenvalue weighted by Gasteiger charge is -2.57. The molecule has 4 rings (SSSR count). The van der Waals surface area contributed by atoms with Gasteiger partial charge in [0.05, 0.1) is 15.8 Å². The van der Waals surface area contributed by atoms with Crippen LogP contribution in [0.3, 0.4) is 0 Å². The van der Waals surface area contributed by atoms with Crippen molar-refractivity contribution in [1.82, 2.24) is 14.6 Å². The Hall–Kier alpha value is -2.47. The average Bonchev–Trinajstić information content (AvgIpc) is 3.13. The molecule has 166 valence electrons. The average molecular weight is 472 g/mol. The van der Waals surface area contributed by atoms with Crippen LogP contribution in [0.4, 0.5) is 14.5 Å². The van der Waals surface area contributed by atoms with Crippen LogP contribution in [0.15, 0.2) is 30.5 Å². The number of carbonyl (C=O) groups is 1. The number of hydrogen-bond donors (Lipinski definition) is 5. The molecule has 1 saturated carbocycles. The number of benzene rings is 1. The van der Waals surface area contributed by atoms with Gasteiger partial charge < -0.3 is 10.6 Å². The Morgan fingerprint density at radius 3 is 2.84 bits per heavy atom. The van der Waals surface area contributed by atoms with Crippen molar-refractivity contribution in [2.45, 2.75) is 30.1 Å². The number of nitrogens with one attached hydrogen (secondary N) is 3. The van der Waals surface area contributed by atoms with Crippen LogP contribution in [-0.4, -0.2) is 42.6 Å². The van der Waals surface area contributed by atoms with Crippen LogP contribution in [0.25, 0.3) is 0 Å². The molecule has 2 heterocycles. The summed E-state index contributed by atoms with van der Waals surface area (Å²) in [5, 5.41) is 12.8. The topological polar surface area (TPSA) is 122 Å². The maximum atomic E-state index is 15.0. The third-order valence-electron chi connectivity index (χ3n) is 5.76. The molecule has 2 aromatic rings. The van der Waals surface area contributed by atoms with E-state index in [1.807, 2.05) is 0 Å². The largest absolute Gasteiger partial charge is 0.344 e. The fourth-order valence-corrected chi connectivity index (χ4v) is 6.42. The van der Waals surface area contributed by atoms with E-state index < -0.39 is 44.8 Å². The summed E-state index contributed by atoms with van der Waals surface area (Å²) in [5.41, 5.74) is -1.44. The molecule has 1 aliphatic carbocycles. The number of halogens is 3. The van der Waals surface area contributed by atoms with Crippen LogP contribution in [0.5, 0.6) is 0 Å². The minimum Gasteiger partial charge on any atom is -0.344 e. The molecule has 31 heavy (non-hydrogen) atoms. The number of pyridine rings is 1. The van der Waals surface area contributed by atoms with Crippen molar-refractivity contribution in [2.24, 2.45) is 0 Å². The van der Waals surface area contributed by atoms with E-state index in [0.29, 0.717) is 19.3 Å². The van der Waals surface area contributed by atoms with Crippen molar-refractivity contribution in [3.63, 3.8) is 0 Å².